The molecule has 3 aromatic heterocycles. The normalized spacial score (nSPS) is 16.5. The number of aromatic hydroxyl groups is 2. The molecular weight excluding hydrogens is 1310 g/mol. The van der Waals surface area contributed by atoms with E-state index < -0.39 is 128 Å². The average molecular weight is 1390 g/mol. The van der Waals surface area contributed by atoms with Crippen LogP contribution < -0.4 is 26.8 Å². The predicted octanol–water partition coefficient (Wildman–Crippen LogP) is 6.14. The van der Waals surface area contributed by atoms with Gasteiger partial charge in [-0.25, -0.2) is 31.1 Å². The first kappa shape index (κ1) is 76.0. The lowest BCUT2D eigenvalue weighted by Gasteiger charge is -2.34. The number of esters is 1. The van der Waals surface area contributed by atoms with E-state index in [1.807, 2.05) is 37.3 Å². The van der Waals surface area contributed by atoms with Crippen LogP contribution in [0.1, 0.15) is 125 Å². The Hall–Kier alpha value is -10.4. The lowest BCUT2D eigenvalue weighted by atomic mass is 10.0. The summed E-state index contributed by atoms with van der Waals surface area (Å²) in [4.78, 5) is 128. The van der Waals surface area contributed by atoms with Crippen molar-refractivity contribution < 1.29 is 99.3 Å². The van der Waals surface area contributed by atoms with Crippen molar-refractivity contribution in [2.75, 3.05) is 34.0 Å². The zero-order valence-electron chi connectivity index (χ0n) is 54.1. The van der Waals surface area contributed by atoms with Gasteiger partial charge in [0.05, 0.1) is 75.3 Å². The number of aromatic nitrogens is 3. The zero-order chi connectivity index (χ0) is 72.7. The Balaban J connectivity index is 0.000000201. The van der Waals surface area contributed by atoms with Gasteiger partial charge >= 0.3 is 5.97 Å². The molecule has 0 bridgehead atoms. The molecule has 0 aliphatic carbocycles. The third-order valence-electron chi connectivity index (χ3n) is 15.9. The fourth-order valence-corrected chi connectivity index (χ4v) is 10.9. The maximum absolute atomic E-state index is 14.0. The molecule has 4 aliphatic rings. The quantitative estimate of drug-likeness (QED) is 0.0263. The monoisotopic (exact) mass is 1380 g/mol. The molecule has 4 aromatic carbocycles. The number of benzene rings is 4. The highest BCUT2D eigenvalue weighted by molar-refractivity contribution is 6.02. The summed E-state index contributed by atoms with van der Waals surface area (Å²) in [5.41, 5.74) is 1.90. The molecule has 7 heterocycles. The summed E-state index contributed by atoms with van der Waals surface area (Å²) in [6.07, 6.45) is 2.05. The molecule has 99 heavy (non-hydrogen) atoms. The Labute approximate surface area is 560 Å². The Morgan fingerprint density at radius 1 is 0.616 bits per heavy atom. The number of amides is 2. The molecule has 2 saturated heterocycles. The zero-order valence-corrected chi connectivity index (χ0v) is 54.1. The molecule has 2 amide bonds. The number of carbonyl (C=O) groups is 7. The second-order valence-corrected chi connectivity index (χ2v) is 22.9. The number of nitrogens with two attached hydrogens (primary N) is 1. The van der Waals surface area contributed by atoms with Gasteiger partial charge in [0.15, 0.2) is 64.1 Å². The topological polar surface area (TPSA) is 336 Å². The van der Waals surface area contributed by atoms with Gasteiger partial charge in [-0.15, -0.1) is 0 Å². The minimum Gasteiger partial charge on any atom is -0.503 e. The van der Waals surface area contributed by atoms with Crippen molar-refractivity contribution in [3.63, 3.8) is 0 Å². The van der Waals surface area contributed by atoms with Crippen LogP contribution >= 0.6 is 0 Å². The molecule has 0 saturated carbocycles. The van der Waals surface area contributed by atoms with Crippen LogP contribution in [0.15, 0.2) is 118 Å². The highest BCUT2D eigenvalue weighted by Crippen LogP contribution is 2.33. The summed E-state index contributed by atoms with van der Waals surface area (Å²) < 4.78 is 106. The first-order valence-corrected chi connectivity index (χ1v) is 30.7. The Bertz CT molecular complexity index is 4370. The molecule has 0 unspecified atom stereocenters. The number of ketones is 3. The van der Waals surface area contributed by atoms with Gasteiger partial charge in [-0.05, 0) is 80.5 Å². The number of pyridine rings is 3. The Morgan fingerprint density at radius 2 is 1.02 bits per heavy atom. The first-order chi connectivity index (χ1) is 47.2. The Kier molecular flexibility index (Phi) is 26.2. The molecule has 2 fully saturated rings. The van der Waals surface area contributed by atoms with E-state index >= 15 is 0 Å². The van der Waals surface area contributed by atoms with Crippen molar-refractivity contribution in [2.24, 2.45) is 5.73 Å². The number of aliphatic hydroxyl groups excluding tert-OH is 2. The van der Waals surface area contributed by atoms with Crippen LogP contribution in [-0.2, 0) is 64.5 Å². The maximum Gasteiger partial charge on any atom is 0.358 e. The maximum atomic E-state index is 14.0. The number of methoxy groups -OCH3 is 1. The first-order valence-electron chi connectivity index (χ1n) is 30.7. The van der Waals surface area contributed by atoms with E-state index in [2.05, 4.69) is 4.74 Å². The number of hydrogen-bond donors (Lipinski definition) is 5. The van der Waals surface area contributed by atoms with E-state index in [1.165, 1.54) is 44.6 Å². The summed E-state index contributed by atoms with van der Waals surface area (Å²) in [6, 6.07) is 17.8. The van der Waals surface area contributed by atoms with E-state index in [0.717, 1.165) is 60.9 Å². The van der Waals surface area contributed by atoms with E-state index in [0.29, 0.717) is 25.6 Å². The van der Waals surface area contributed by atoms with Gasteiger partial charge in [-0.1, -0.05) is 48.5 Å². The summed E-state index contributed by atoms with van der Waals surface area (Å²) in [6.45, 7) is 6.23. The minimum absolute atomic E-state index is 0.0116. The number of fused-ring (bicyclic) bond motifs is 4. The van der Waals surface area contributed by atoms with E-state index in [1.54, 1.807) is 18.7 Å². The lowest BCUT2D eigenvalue weighted by molar-refractivity contribution is -0.108. The summed E-state index contributed by atoms with van der Waals surface area (Å²) in [5.74, 6) is -10.4. The molecule has 11 rings (SSSR count). The number of Topliss-reactive ketones (excluding diaryl/α,β-unsaturated/α-hetero) is 3. The molecule has 24 nitrogen and oxygen atoms in total. The molecule has 526 valence electrons. The van der Waals surface area contributed by atoms with Gasteiger partial charge in [0.25, 0.3) is 11.8 Å². The molecule has 30 heteroatoms. The predicted molar refractivity (Wildman–Crippen MR) is 340 cm³/mol. The van der Waals surface area contributed by atoms with Crippen molar-refractivity contribution in [1.82, 2.24) is 23.5 Å². The standard InChI is InChI=1S/C27H24F2N2O5.C20H18F2N2O5.C18H15F2NO6.C3H9NO.CH4O/c1-16-14-35-23-13-30-12-20(22(32)10-8-18-7-9-19(28)11-21(18)29)25(33)26(24(30)27(34)31(16)23)36-15-17-5-3-2-4-6-17;1-10-9-29-16-8-23-7-13(18(26)19(27)17(23)20(28)24(10)16)15(25)5-3-11-2-4-12(21)6-14(11)22;1-27-18(26)15-17(25)16(24)12(9-21(15)6-7-22)14(23)5-3-10-2-4-11(19)8-13(10)20;1-3(4)2-5;1-2/h2-7,9,11-12,16,23H,8,10,13-15H2,1H3;2,4,6-7,10,16,27H,3,5,8-9H2,1H3;2,4,7-9,25H,3,5-6H2,1H3;3,5H,2,4H2,1H3;2H,1H3/t16-,23+;10-,16+;;3-;/m11.1./s1. The summed E-state index contributed by atoms with van der Waals surface area (Å²) in [5, 5.41) is 35.3. The molecule has 0 spiro atoms. The van der Waals surface area contributed by atoms with Crippen LogP contribution in [0.4, 0.5) is 26.3 Å². The minimum atomic E-state index is -1.11. The van der Waals surface area contributed by atoms with Crippen LogP contribution in [0, 0.1) is 34.9 Å². The second kappa shape index (κ2) is 34.2. The second-order valence-electron chi connectivity index (χ2n) is 22.9. The number of ether oxygens (including phenoxy) is 4. The molecular formula is C69H70F6N6O18. The summed E-state index contributed by atoms with van der Waals surface area (Å²) in [7, 11) is 2.02. The third-order valence-corrected chi connectivity index (χ3v) is 15.9. The van der Waals surface area contributed by atoms with Gasteiger partial charge in [0.1, 0.15) is 47.8 Å². The van der Waals surface area contributed by atoms with Gasteiger partial charge in [-0.3, -0.25) is 38.4 Å². The van der Waals surface area contributed by atoms with Crippen molar-refractivity contribution in [3.8, 4) is 17.2 Å². The number of hydrogen-bond acceptors (Lipinski definition) is 19. The van der Waals surface area contributed by atoms with Gasteiger partial charge in [0.2, 0.25) is 16.3 Å². The van der Waals surface area contributed by atoms with Crippen molar-refractivity contribution in [2.45, 2.75) is 116 Å². The van der Waals surface area contributed by atoms with Gasteiger partial charge in [-0.2, -0.15) is 0 Å². The van der Waals surface area contributed by atoms with E-state index in [4.69, 9.17) is 30.2 Å². The number of aldehydes is 1. The number of carbonyl (C=O) groups excluding carboxylic acids is 7. The van der Waals surface area contributed by atoms with Crippen LogP contribution in [-0.4, -0.2) is 150 Å². The van der Waals surface area contributed by atoms with Gasteiger partial charge in [0, 0.05) is 69.2 Å². The summed E-state index contributed by atoms with van der Waals surface area (Å²) >= 11 is 0. The number of aliphatic hydroxyl groups is 2. The fraction of sp³-hybridized carbons (Fsp3) is 0.333. The SMILES string of the molecule is CO.COC(=O)c1c(O)c(=O)c(C(=O)CCc2ccc(F)cc2F)cn1CC=O.C[C@@H](N)CO.C[C@@H]1CO[C@H]2Cn3cc(C(=O)CCc4ccc(F)cc4F)c(=O)c(O)c3C(=O)N12.C[C@@H]1CO[C@H]2Cn3cc(C(=O)CCc4ccc(F)cc4F)c(=O)c(OCc4ccccc4)c3C(=O)N12. The molecule has 4 aliphatic heterocycles. The van der Waals surface area contributed by atoms with E-state index in [9.17, 15) is 84.5 Å². The average Bonchev–Trinajstić information content (AvgIpc) is 1.74. The van der Waals surface area contributed by atoms with Crippen molar-refractivity contribution in [3.05, 3.63) is 225 Å². The smallest absolute Gasteiger partial charge is 0.358 e. The highest BCUT2D eigenvalue weighted by Gasteiger charge is 2.45. The fourth-order valence-electron chi connectivity index (χ4n) is 10.9. The Morgan fingerprint density at radius 3 is 1.43 bits per heavy atom. The van der Waals surface area contributed by atoms with Crippen LogP contribution in [0.3, 0.4) is 0 Å². The van der Waals surface area contributed by atoms with Crippen LogP contribution in [0.2, 0.25) is 0 Å². The number of nitrogens with zero attached hydrogens (tertiary/aromatic N) is 5. The number of halogens is 6. The molecule has 0 radical (unpaired) electrons. The largest absolute Gasteiger partial charge is 0.503 e. The van der Waals surface area contributed by atoms with Crippen molar-refractivity contribution in [1.29, 1.82) is 0 Å². The van der Waals surface area contributed by atoms with Crippen LogP contribution in [0.5, 0.6) is 17.2 Å². The third kappa shape index (κ3) is 17.9. The molecule has 5 atom stereocenters. The van der Waals surface area contributed by atoms with Crippen LogP contribution in [0.25, 0.3) is 0 Å². The number of rotatable bonds is 19. The van der Waals surface area contributed by atoms with Gasteiger partial charge < -0.3 is 73.4 Å². The van der Waals surface area contributed by atoms with E-state index in [-0.39, 0.29) is 128 Å². The molecule has 7 aromatic rings. The number of aryl methyl sites for hydroxylation is 3. The highest BCUT2D eigenvalue weighted by atomic mass is 19.2. The lowest BCUT2D eigenvalue weighted by Crippen LogP contribution is -2.49. The van der Waals surface area contributed by atoms with Crippen molar-refractivity contribution >= 4 is 41.4 Å². The molecule has 6 N–H and O–H groups in total.